The van der Waals surface area contributed by atoms with Gasteiger partial charge >= 0.3 is 0 Å². The molecule has 4 heterocycles. The van der Waals surface area contributed by atoms with Crippen molar-refractivity contribution in [1.29, 1.82) is 0 Å². The molecule has 0 amide bonds. The van der Waals surface area contributed by atoms with Crippen LogP contribution in [0, 0.1) is 27.7 Å². The molecule has 49 heavy (non-hydrogen) atoms. The fourth-order valence-electron chi connectivity index (χ4n) is 6.65. The fraction of sp³-hybridized carbons (Fsp3) is 0.0952. The van der Waals surface area contributed by atoms with Crippen LogP contribution in [0.1, 0.15) is 22.3 Å². The molecule has 3 aromatic heterocycles. The van der Waals surface area contributed by atoms with Crippen LogP contribution in [0.2, 0.25) is 0 Å². The zero-order valence-electron chi connectivity index (χ0n) is 27.8. The summed E-state index contributed by atoms with van der Waals surface area (Å²) >= 11 is 0. The van der Waals surface area contributed by atoms with Crippen LogP contribution in [-0.2, 0) is 0 Å². The summed E-state index contributed by atoms with van der Waals surface area (Å²) in [5.41, 5.74) is 13.6. The van der Waals surface area contributed by atoms with Crippen molar-refractivity contribution in [3.05, 3.63) is 150 Å². The molecule has 0 unspecified atom stereocenters. The van der Waals surface area contributed by atoms with Crippen LogP contribution in [0.5, 0.6) is 23.0 Å². The van der Waals surface area contributed by atoms with Gasteiger partial charge < -0.3 is 9.47 Å². The Hall–Kier alpha value is -6.08. The molecule has 7 heteroatoms. The lowest BCUT2D eigenvalue weighted by atomic mass is 9.42. The van der Waals surface area contributed by atoms with Gasteiger partial charge in [-0.3, -0.25) is 19.9 Å². The van der Waals surface area contributed by atoms with Crippen molar-refractivity contribution in [2.75, 3.05) is 0 Å². The lowest BCUT2D eigenvalue weighted by Crippen LogP contribution is -2.51. The van der Waals surface area contributed by atoms with Gasteiger partial charge in [-0.2, -0.15) is 0 Å². The number of ether oxygens (including phenoxy) is 2. The summed E-state index contributed by atoms with van der Waals surface area (Å²) in [6.45, 7) is 8.11. The standard InChI is InChI=1S/C42H33BN4O2/c1-26-10-14-44-40(20-26)30-16-28(3)18-34(22-30)48-32-6-8-36-37-9-7-33(25-39(37)43(38(36)24-32)42-46-12-5-13-47-42)49-35-19-29(4)17-31(23-35)41-21-27(2)11-15-45-41/h5-25H,1-4H3. The van der Waals surface area contributed by atoms with E-state index in [4.69, 9.17) is 19.4 Å². The van der Waals surface area contributed by atoms with Gasteiger partial charge in [0.05, 0.1) is 17.1 Å². The second kappa shape index (κ2) is 12.5. The predicted molar refractivity (Wildman–Crippen MR) is 197 cm³/mol. The number of benzene rings is 4. The molecule has 0 saturated heterocycles. The molecule has 1 aliphatic rings. The third-order valence-electron chi connectivity index (χ3n) is 8.80. The van der Waals surface area contributed by atoms with Gasteiger partial charge in [0, 0.05) is 35.9 Å². The first-order valence-corrected chi connectivity index (χ1v) is 16.4. The molecule has 8 rings (SSSR count). The Kier molecular flexibility index (Phi) is 7.73. The molecule has 6 nitrogen and oxygen atoms in total. The maximum Gasteiger partial charge on any atom is 0.291 e. The Morgan fingerprint density at radius 3 is 1.39 bits per heavy atom. The maximum absolute atomic E-state index is 6.53. The molecule has 0 atom stereocenters. The van der Waals surface area contributed by atoms with Crippen LogP contribution in [0.4, 0.5) is 0 Å². The van der Waals surface area contributed by atoms with Crippen LogP contribution >= 0.6 is 0 Å². The first kappa shape index (κ1) is 30.3. The third-order valence-corrected chi connectivity index (χ3v) is 8.80. The van der Waals surface area contributed by atoms with E-state index in [1.54, 1.807) is 12.4 Å². The van der Waals surface area contributed by atoms with Gasteiger partial charge in [0.25, 0.3) is 6.71 Å². The number of aryl methyl sites for hydroxylation is 4. The van der Waals surface area contributed by atoms with E-state index in [1.165, 1.54) is 0 Å². The van der Waals surface area contributed by atoms with Crippen molar-refractivity contribution in [3.63, 3.8) is 0 Å². The second-order valence-electron chi connectivity index (χ2n) is 12.7. The number of pyridine rings is 2. The highest BCUT2D eigenvalue weighted by atomic mass is 16.5. The van der Waals surface area contributed by atoms with Crippen LogP contribution in [-0.4, -0.2) is 26.6 Å². The normalized spacial score (nSPS) is 11.6. The zero-order chi connectivity index (χ0) is 33.5. The minimum Gasteiger partial charge on any atom is -0.457 e. The number of fused-ring (bicyclic) bond motifs is 3. The van der Waals surface area contributed by atoms with Crippen LogP contribution in [0.25, 0.3) is 33.6 Å². The number of hydrogen-bond acceptors (Lipinski definition) is 6. The second-order valence-corrected chi connectivity index (χ2v) is 12.7. The number of nitrogens with zero attached hydrogens (tertiary/aromatic N) is 4. The number of hydrogen-bond donors (Lipinski definition) is 0. The molecular weight excluding hydrogens is 603 g/mol. The van der Waals surface area contributed by atoms with Gasteiger partial charge in [-0.25, -0.2) is 0 Å². The Morgan fingerprint density at radius 2 is 0.918 bits per heavy atom. The molecule has 7 aromatic rings. The van der Waals surface area contributed by atoms with Crippen molar-refractivity contribution in [1.82, 2.24) is 19.9 Å². The molecule has 0 radical (unpaired) electrons. The van der Waals surface area contributed by atoms with E-state index in [0.717, 1.165) is 95.5 Å². The molecule has 4 aromatic carbocycles. The van der Waals surface area contributed by atoms with E-state index in [-0.39, 0.29) is 6.71 Å². The summed E-state index contributed by atoms with van der Waals surface area (Å²) in [5, 5.41) is 0. The van der Waals surface area contributed by atoms with Gasteiger partial charge in [-0.05, 0) is 152 Å². The predicted octanol–water partition coefficient (Wildman–Crippen LogP) is 7.92. The van der Waals surface area contributed by atoms with Crippen molar-refractivity contribution in [2.24, 2.45) is 0 Å². The summed E-state index contributed by atoms with van der Waals surface area (Å²) in [5.74, 6) is 3.01. The molecule has 0 saturated carbocycles. The summed E-state index contributed by atoms with van der Waals surface area (Å²) in [6, 6.07) is 35.0. The minimum atomic E-state index is -0.188. The van der Waals surface area contributed by atoms with Gasteiger partial charge in [-0.15, -0.1) is 0 Å². The number of aromatic nitrogens is 4. The highest BCUT2D eigenvalue weighted by Gasteiger charge is 2.36. The molecular formula is C42H33BN4O2. The smallest absolute Gasteiger partial charge is 0.291 e. The molecule has 236 valence electrons. The summed E-state index contributed by atoms with van der Waals surface area (Å²) in [7, 11) is 0. The molecule has 0 bridgehead atoms. The van der Waals surface area contributed by atoms with Crippen LogP contribution in [0.3, 0.4) is 0 Å². The molecule has 0 aliphatic carbocycles. The van der Waals surface area contributed by atoms with Crippen molar-refractivity contribution >= 4 is 23.4 Å². The van der Waals surface area contributed by atoms with Gasteiger partial charge in [0.2, 0.25) is 0 Å². The zero-order valence-corrected chi connectivity index (χ0v) is 27.8. The molecule has 0 N–H and O–H groups in total. The van der Waals surface area contributed by atoms with E-state index in [2.05, 4.69) is 98.3 Å². The van der Waals surface area contributed by atoms with E-state index >= 15 is 0 Å². The average molecular weight is 637 g/mol. The average Bonchev–Trinajstić information content (AvgIpc) is 3.41. The Bertz CT molecular complexity index is 2210. The Balaban J connectivity index is 1.14. The van der Waals surface area contributed by atoms with Crippen LogP contribution < -0.4 is 26.1 Å². The van der Waals surface area contributed by atoms with E-state index in [1.807, 2.05) is 54.9 Å². The SMILES string of the molecule is Cc1cc(Oc2ccc3c(c2)B(c2ncccn2)c2cc(Oc4cc(C)cc(-c5cc(C)ccn5)c4)ccc2-3)cc(-c2cc(C)ccn2)c1. The monoisotopic (exact) mass is 636 g/mol. The van der Waals surface area contributed by atoms with E-state index < -0.39 is 0 Å². The summed E-state index contributed by atoms with van der Waals surface area (Å²) < 4.78 is 13.1. The lowest BCUT2D eigenvalue weighted by molar-refractivity contribution is 0.482. The highest BCUT2D eigenvalue weighted by Crippen LogP contribution is 2.34. The maximum atomic E-state index is 6.53. The lowest BCUT2D eigenvalue weighted by Gasteiger charge is -2.13. The first-order chi connectivity index (χ1) is 23.9. The van der Waals surface area contributed by atoms with Gasteiger partial charge in [-0.1, -0.05) is 23.1 Å². The Labute approximate surface area is 286 Å². The summed E-state index contributed by atoms with van der Waals surface area (Å²) in [4.78, 5) is 18.6. The molecule has 0 fully saturated rings. The van der Waals surface area contributed by atoms with Crippen molar-refractivity contribution < 1.29 is 9.47 Å². The summed E-state index contributed by atoms with van der Waals surface area (Å²) in [6.07, 6.45) is 7.27. The third kappa shape index (κ3) is 6.19. The van der Waals surface area contributed by atoms with E-state index in [9.17, 15) is 0 Å². The molecule has 1 aliphatic heterocycles. The quantitative estimate of drug-likeness (QED) is 0.166. The molecule has 0 spiro atoms. The van der Waals surface area contributed by atoms with Gasteiger partial charge in [0.15, 0.2) is 0 Å². The Morgan fingerprint density at radius 1 is 0.429 bits per heavy atom. The van der Waals surface area contributed by atoms with Gasteiger partial charge in [0.1, 0.15) is 23.0 Å². The number of rotatable bonds is 7. The largest absolute Gasteiger partial charge is 0.457 e. The fourth-order valence-corrected chi connectivity index (χ4v) is 6.65. The van der Waals surface area contributed by atoms with E-state index in [0.29, 0.717) is 0 Å². The highest BCUT2D eigenvalue weighted by molar-refractivity contribution is 6.98. The van der Waals surface area contributed by atoms with Crippen molar-refractivity contribution in [2.45, 2.75) is 27.7 Å². The van der Waals surface area contributed by atoms with Crippen LogP contribution in [0.15, 0.2) is 128 Å². The first-order valence-electron chi connectivity index (χ1n) is 16.4. The minimum absolute atomic E-state index is 0.188. The topological polar surface area (TPSA) is 70.0 Å². The van der Waals surface area contributed by atoms with Crippen molar-refractivity contribution in [3.8, 4) is 56.6 Å².